The molecule has 0 unspecified atom stereocenters. The second-order valence-electron chi connectivity index (χ2n) is 8.31. The van der Waals surface area contributed by atoms with Crippen molar-refractivity contribution in [1.82, 2.24) is 5.32 Å². The highest BCUT2D eigenvalue weighted by Crippen LogP contribution is 2.32. The maximum absolute atomic E-state index is 14.2. The van der Waals surface area contributed by atoms with Gasteiger partial charge in [0, 0.05) is 23.3 Å². The Kier molecular flexibility index (Phi) is 6.36. The van der Waals surface area contributed by atoms with Gasteiger partial charge >= 0.3 is 6.03 Å². The maximum Gasteiger partial charge on any atom is 0.335 e. The third-order valence-electron chi connectivity index (χ3n) is 5.98. The standard InChI is InChI=1S/C28H18FN3O6/c29-24-8-4-2-6-18(24)16-38-25-14-9-17-5-1-3-7-21(17)22(25)15-23-26(33)30-28(35)31(27(23)34)19-10-12-20(13-11-19)32(36)37/h1-15H,16H2,(H,30,33,35)/b23-15+. The van der Waals surface area contributed by atoms with Gasteiger partial charge in [-0.25, -0.2) is 14.1 Å². The van der Waals surface area contributed by atoms with E-state index in [0.717, 1.165) is 22.4 Å². The van der Waals surface area contributed by atoms with Gasteiger partial charge in [-0.1, -0.05) is 48.5 Å². The van der Waals surface area contributed by atoms with Crippen LogP contribution in [0.1, 0.15) is 11.1 Å². The van der Waals surface area contributed by atoms with E-state index in [1.165, 1.54) is 24.3 Å². The Hall–Kier alpha value is -5.38. The third kappa shape index (κ3) is 4.58. The normalized spacial score (nSPS) is 14.6. The minimum absolute atomic E-state index is 0.0467. The number of nitro benzene ring substituents is 1. The highest BCUT2D eigenvalue weighted by Gasteiger charge is 2.37. The summed E-state index contributed by atoms with van der Waals surface area (Å²) in [6, 6.07) is 20.6. The fraction of sp³-hybridized carbons (Fsp3) is 0.0357. The lowest BCUT2D eigenvalue weighted by Crippen LogP contribution is -2.54. The van der Waals surface area contributed by atoms with E-state index in [4.69, 9.17) is 4.74 Å². The Morgan fingerprint density at radius 3 is 2.37 bits per heavy atom. The van der Waals surface area contributed by atoms with Gasteiger partial charge in [0.15, 0.2) is 0 Å². The van der Waals surface area contributed by atoms with Crippen molar-refractivity contribution >= 4 is 46.1 Å². The van der Waals surface area contributed by atoms with E-state index < -0.39 is 28.6 Å². The highest BCUT2D eigenvalue weighted by atomic mass is 19.1. The second-order valence-corrected chi connectivity index (χ2v) is 8.31. The summed E-state index contributed by atoms with van der Waals surface area (Å²) in [4.78, 5) is 49.8. The van der Waals surface area contributed by atoms with Gasteiger partial charge in [-0.15, -0.1) is 0 Å². The lowest BCUT2D eigenvalue weighted by atomic mass is 9.99. The van der Waals surface area contributed by atoms with Crippen molar-refractivity contribution < 1.29 is 28.4 Å². The number of fused-ring (bicyclic) bond motifs is 1. The van der Waals surface area contributed by atoms with Crippen LogP contribution >= 0.6 is 0 Å². The summed E-state index contributed by atoms with van der Waals surface area (Å²) in [7, 11) is 0. The molecule has 9 nitrogen and oxygen atoms in total. The monoisotopic (exact) mass is 511 g/mol. The number of urea groups is 1. The number of anilines is 1. The largest absolute Gasteiger partial charge is 0.488 e. The van der Waals surface area contributed by atoms with Gasteiger partial charge in [0.25, 0.3) is 17.5 Å². The molecule has 0 bridgehead atoms. The molecule has 4 aromatic carbocycles. The maximum atomic E-state index is 14.2. The van der Waals surface area contributed by atoms with E-state index in [-0.39, 0.29) is 23.6 Å². The summed E-state index contributed by atoms with van der Waals surface area (Å²) in [5, 5.41) is 14.6. The van der Waals surface area contributed by atoms with Crippen molar-refractivity contribution in [3.63, 3.8) is 0 Å². The molecule has 1 aliphatic rings. The predicted molar refractivity (Wildman–Crippen MR) is 137 cm³/mol. The SMILES string of the molecule is O=C1NC(=O)N(c2ccc([N+](=O)[O-])cc2)C(=O)/C1=C/c1c(OCc2ccccc2F)ccc2ccccc12. The first kappa shape index (κ1) is 24.3. The molecule has 4 amide bonds. The Labute approximate surface area is 214 Å². The van der Waals surface area contributed by atoms with Gasteiger partial charge in [-0.05, 0) is 41.1 Å². The Morgan fingerprint density at radius 2 is 1.63 bits per heavy atom. The molecule has 188 valence electrons. The molecule has 1 fully saturated rings. The average molecular weight is 511 g/mol. The van der Waals surface area contributed by atoms with Crippen LogP contribution in [0.3, 0.4) is 0 Å². The van der Waals surface area contributed by atoms with Gasteiger partial charge in [-0.3, -0.25) is 25.0 Å². The average Bonchev–Trinajstić information content (AvgIpc) is 2.91. The summed E-state index contributed by atoms with van der Waals surface area (Å²) in [6.07, 6.45) is 1.32. The number of non-ortho nitro benzene ring substituents is 1. The first-order chi connectivity index (χ1) is 18.3. The fourth-order valence-electron chi connectivity index (χ4n) is 4.08. The Balaban J connectivity index is 1.57. The van der Waals surface area contributed by atoms with Crippen LogP contribution in [-0.4, -0.2) is 22.8 Å². The van der Waals surface area contributed by atoms with Gasteiger partial charge in [0.1, 0.15) is 23.7 Å². The van der Waals surface area contributed by atoms with Gasteiger partial charge in [-0.2, -0.15) is 0 Å². The minimum atomic E-state index is -0.986. The molecule has 0 aliphatic carbocycles. The lowest BCUT2D eigenvalue weighted by molar-refractivity contribution is -0.384. The number of amides is 4. The van der Waals surface area contributed by atoms with Gasteiger partial charge in [0.2, 0.25) is 0 Å². The molecule has 0 radical (unpaired) electrons. The molecule has 1 N–H and O–H groups in total. The molecule has 1 saturated heterocycles. The smallest absolute Gasteiger partial charge is 0.335 e. The molecule has 38 heavy (non-hydrogen) atoms. The van der Waals surface area contributed by atoms with Crippen LogP contribution in [0.5, 0.6) is 5.75 Å². The van der Waals surface area contributed by atoms with E-state index in [2.05, 4.69) is 5.32 Å². The number of carbonyl (C=O) groups excluding carboxylic acids is 3. The van der Waals surface area contributed by atoms with Crippen LogP contribution in [0.25, 0.3) is 16.8 Å². The summed E-state index contributed by atoms with van der Waals surface area (Å²) in [5.74, 6) is -1.97. The summed E-state index contributed by atoms with van der Waals surface area (Å²) < 4.78 is 20.1. The summed E-state index contributed by atoms with van der Waals surface area (Å²) >= 11 is 0. The number of nitro groups is 1. The minimum Gasteiger partial charge on any atom is -0.488 e. The zero-order valence-corrected chi connectivity index (χ0v) is 19.6. The number of halogens is 1. The predicted octanol–water partition coefficient (Wildman–Crippen LogP) is 5.13. The van der Waals surface area contributed by atoms with E-state index in [0.29, 0.717) is 22.3 Å². The summed E-state index contributed by atoms with van der Waals surface area (Å²) in [6.45, 7) is -0.102. The van der Waals surface area contributed by atoms with Crippen LogP contribution in [-0.2, 0) is 16.2 Å². The van der Waals surface area contributed by atoms with Crippen molar-refractivity contribution in [2.24, 2.45) is 0 Å². The van der Waals surface area contributed by atoms with Crippen LogP contribution < -0.4 is 15.0 Å². The lowest BCUT2D eigenvalue weighted by Gasteiger charge is -2.26. The van der Waals surface area contributed by atoms with Crippen LogP contribution in [0.15, 0.2) is 90.5 Å². The Morgan fingerprint density at radius 1 is 0.921 bits per heavy atom. The van der Waals surface area contributed by atoms with Crippen molar-refractivity contribution in [2.75, 3.05) is 4.90 Å². The van der Waals surface area contributed by atoms with Crippen LogP contribution in [0, 0.1) is 15.9 Å². The molecular weight excluding hydrogens is 493 g/mol. The van der Waals surface area contributed by atoms with E-state index in [1.807, 2.05) is 12.1 Å². The molecule has 0 spiro atoms. The quantitative estimate of drug-likeness (QED) is 0.166. The first-order valence-corrected chi connectivity index (χ1v) is 11.4. The van der Waals surface area contributed by atoms with Crippen molar-refractivity contribution in [1.29, 1.82) is 0 Å². The van der Waals surface area contributed by atoms with E-state index in [9.17, 15) is 28.9 Å². The first-order valence-electron chi connectivity index (χ1n) is 11.4. The van der Waals surface area contributed by atoms with E-state index >= 15 is 0 Å². The molecule has 5 rings (SSSR count). The van der Waals surface area contributed by atoms with Crippen LogP contribution in [0.2, 0.25) is 0 Å². The number of hydrogen-bond donors (Lipinski definition) is 1. The Bertz CT molecular complexity index is 1650. The second kappa shape index (κ2) is 9.94. The molecule has 1 aliphatic heterocycles. The number of nitrogens with one attached hydrogen (secondary N) is 1. The van der Waals surface area contributed by atoms with Gasteiger partial charge in [0.05, 0.1) is 10.6 Å². The molecule has 1 heterocycles. The number of imide groups is 2. The molecule has 10 heteroatoms. The zero-order valence-electron chi connectivity index (χ0n) is 19.6. The number of benzene rings is 4. The topological polar surface area (TPSA) is 119 Å². The molecule has 0 saturated carbocycles. The summed E-state index contributed by atoms with van der Waals surface area (Å²) in [5.41, 5.74) is 0.176. The number of nitrogens with zero attached hydrogens (tertiary/aromatic N) is 2. The number of barbiturate groups is 1. The van der Waals surface area contributed by atoms with Crippen molar-refractivity contribution in [3.05, 3.63) is 118 Å². The zero-order chi connectivity index (χ0) is 26.8. The molecule has 4 aromatic rings. The highest BCUT2D eigenvalue weighted by molar-refractivity contribution is 6.39. The molecular formula is C28H18FN3O6. The van der Waals surface area contributed by atoms with Crippen molar-refractivity contribution in [3.8, 4) is 5.75 Å². The van der Waals surface area contributed by atoms with E-state index in [1.54, 1.807) is 42.5 Å². The molecule has 0 aromatic heterocycles. The van der Waals surface area contributed by atoms with Crippen molar-refractivity contribution in [2.45, 2.75) is 6.61 Å². The molecule has 0 atom stereocenters. The number of hydrogen-bond acceptors (Lipinski definition) is 6. The van der Waals surface area contributed by atoms with Crippen LogP contribution in [0.4, 0.5) is 20.6 Å². The number of carbonyl (C=O) groups is 3. The number of ether oxygens (including phenoxy) is 1. The van der Waals surface area contributed by atoms with Gasteiger partial charge < -0.3 is 4.74 Å². The number of rotatable bonds is 6. The fourth-order valence-corrected chi connectivity index (χ4v) is 4.08. The third-order valence-corrected chi connectivity index (χ3v) is 5.98.